The lowest BCUT2D eigenvalue weighted by Gasteiger charge is -2.11. The molecule has 1 aromatic heterocycles. The number of amidine groups is 1. The van der Waals surface area contributed by atoms with Crippen LogP contribution >= 0.6 is 15.9 Å². The third kappa shape index (κ3) is 3.91. The van der Waals surface area contributed by atoms with Gasteiger partial charge >= 0.3 is 5.97 Å². The van der Waals surface area contributed by atoms with Crippen molar-refractivity contribution in [1.82, 2.24) is 9.78 Å². The number of nitrogens with zero attached hydrogens (tertiary/aromatic N) is 3. The zero-order valence-electron chi connectivity index (χ0n) is 11.4. The lowest BCUT2D eigenvalue weighted by Crippen LogP contribution is -2.22. The molecule has 1 aromatic carbocycles. The zero-order chi connectivity index (χ0) is 15.2. The molecule has 0 amide bonds. The molecule has 0 spiro atoms. The molecule has 2 rings (SSSR count). The van der Waals surface area contributed by atoms with Crippen LogP contribution in [0.25, 0.3) is 0 Å². The van der Waals surface area contributed by atoms with Gasteiger partial charge in [0.15, 0.2) is 11.9 Å². The van der Waals surface area contributed by atoms with E-state index in [9.17, 15) is 4.79 Å². The van der Waals surface area contributed by atoms with Crippen molar-refractivity contribution in [1.29, 1.82) is 0 Å². The molecular weight excluding hydrogens is 336 g/mol. The smallest absolute Gasteiger partial charge is 0.359 e. The first-order chi connectivity index (χ1) is 10.1. The van der Waals surface area contributed by atoms with E-state index < -0.39 is 12.0 Å². The monoisotopic (exact) mass is 350 g/mol. The molecule has 0 saturated heterocycles. The van der Waals surface area contributed by atoms with Gasteiger partial charge in [0.25, 0.3) is 0 Å². The number of hydrogen-bond donors (Lipinski definition) is 1. The number of aromatic nitrogens is 2. The van der Waals surface area contributed by atoms with E-state index in [1.807, 2.05) is 25.1 Å². The topological polar surface area (TPSA) is 82.5 Å². The van der Waals surface area contributed by atoms with Gasteiger partial charge in [-0.05, 0) is 22.4 Å². The maximum atomic E-state index is 12.1. The van der Waals surface area contributed by atoms with Crippen molar-refractivity contribution in [3.8, 4) is 0 Å². The number of oxime groups is 1. The SMILES string of the molecule is CCC(C(=O)O/N=C(\N)c1ccccc1)n1cc(Br)cn1. The lowest BCUT2D eigenvalue weighted by molar-refractivity contribution is -0.148. The standard InChI is InChI=1S/C14H15BrN4O2/c1-2-12(19-9-11(15)8-17-19)14(20)21-18-13(16)10-6-4-3-5-7-10/h3-9,12H,2H2,1H3,(H2,16,18). The van der Waals surface area contributed by atoms with Crippen LogP contribution in [0.5, 0.6) is 0 Å². The molecule has 0 aliphatic rings. The van der Waals surface area contributed by atoms with Gasteiger partial charge in [-0.1, -0.05) is 42.4 Å². The van der Waals surface area contributed by atoms with Gasteiger partial charge in [-0.3, -0.25) is 4.68 Å². The van der Waals surface area contributed by atoms with Crippen molar-refractivity contribution in [3.63, 3.8) is 0 Å². The highest BCUT2D eigenvalue weighted by molar-refractivity contribution is 9.10. The molecule has 1 heterocycles. The van der Waals surface area contributed by atoms with Gasteiger partial charge in [-0.2, -0.15) is 5.10 Å². The van der Waals surface area contributed by atoms with Crippen molar-refractivity contribution >= 4 is 27.7 Å². The first-order valence-electron chi connectivity index (χ1n) is 6.41. The second kappa shape index (κ2) is 7.03. The van der Waals surface area contributed by atoms with E-state index >= 15 is 0 Å². The van der Waals surface area contributed by atoms with Gasteiger partial charge in [-0.15, -0.1) is 0 Å². The summed E-state index contributed by atoms with van der Waals surface area (Å²) in [6, 6.07) is 8.56. The van der Waals surface area contributed by atoms with Crippen LogP contribution in [0.2, 0.25) is 0 Å². The molecule has 0 radical (unpaired) electrons. The predicted molar refractivity (Wildman–Crippen MR) is 82.5 cm³/mol. The molecule has 0 aliphatic heterocycles. The van der Waals surface area contributed by atoms with Gasteiger partial charge in [0, 0.05) is 11.8 Å². The van der Waals surface area contributed by atoms with Gasteiger partial charge in [0.1, 0.15) is 0 Å². The quantitative estimate of drug-likeness (QED) is 0.388. The van der Waals surface area contributed by atoms with E-state index in [4.69, 9.17) is 10.6 Å². The fourth-order valence-corrected chi connectivity index (χ4v) is 2.06. The van der Waals surface area contributed by atoms with Crippen LogP contribution in [0.1, 0.15) is 24.9 Å². The summed E-state index contributed by atoms with van der Waals surface area (Å²) in [5.41, 5.74) is 6.47. The first kappa shape index (κ1) is 15.2. The van der Waals surface area contributed by atoms with Crippen LogP contribution in [0.4, 0.5) is 0 Å². The predicted octanol–water partition coefficient (Wildman–Crippen LogP) is 2.46. The van der Waals surface area contributed by atoms with Crippen molar-refractivity contribution < 1.29 is 9.63 Å². The Morgan fingerprint density at radius 2 is 2.19 bits per heavy atom. The number of carbonyl (C=O) groups is 1. The second-order valence-corrected chi connectivity index (χ2v) is 5.23. The molecular formula is C14H15BrN4O2. The summed E-state index contributed by atoms with van der Waals surface area (Å²) in [5, 5.41) is 7.77. The van der Waals surface area contributed by atoms with Crippen LogP contribution in [0, 0.1) is 0 Å². The average Bonchev–Trinajstić information content (AvgIpc) is 2.92. The Morgan fingerprint density at radius 1 is 1.48 bits per heavy atom. The third-order valence-electron chi connectivity index (χ3n) is 2.85. The Balaban J connectivity index is 2.06. The van der Waals surface area contributed by atoms with E-state index in [2.05, 4.69) is 26.2 Å². The number of carbonyl (C=O) groups excluding carboxylic acids is 1. The minimum atomic E-state index is -0.538. The van der Waals surface area contributed by atoms with Crippen molar-refractivity contribution in [3.05, 3.63) is 52.8 Å². The molecule has 2 N–H and O–H groups in total. The van der Waals surface area contributed by atoms with Crippen molar-refractivity contribution in [2.45, 2.75) is 19.4 Å². The fourth-order valence-electron chi connectivity index (χ4n) is 1.76. The highest BCUT2D eigenvalue weighted by atomic mass is 79.9. The molecule has 0 bridgehead atoms. The normalized spacial score (nSPS) is 13.0. The average molecular weight is 351 g/mol. The van der Waals surface area contributed by atoms with Gasteiger partial charge in [-0.25, -0.2) is 4.79 Å². The molecule has 6 nitrogen and oxygen atoms in total. The maximum Gasteiger partial charge on any atom is 0.359 e. The number of rotatable bonds is 5. The van der Waals surface area contributed by atoms with E-state index in [0.29, 0.717) is 12.0 Å². The van der Waals surface area contributed by atoms with E-state index in [1.165, 1.54) is 4.68 Å². The van der Waals surface area contributed by atoms with E-state index in [-0.39, 0.29) is 5.84 Å². The molecule has 0 aliphatic carbocycles. The molecule has 21 heavy (non-hydrogen) atoms. The number of nitrogens with two attached hydrogens (primary N) is 1. The first-order valence-corrected chi connectivity index (χ1v) is 7.20. The van der Waals surface area contributed by atoms with E-state index in [0.717, 1.165) is 4.47 Å². The maximum absolute atomic E-state index is 12.1. The summed E-state index contributed by atoms with van der Waals surface area (Å²) >= 11 is 3.29. The summed E-state index contributed by atoms with van der Waals surface area (Å²) in [6.45, 7) is 1.87. The Labute approximate surface area is 130 Å². The molecule has 1 unspecified atom stereocenters. The van der Waals surface area contributed by atoms with Crippen LogP contribution < -0.4 is 5.73 Å². The summed E-state index contributed by atoms with van der Waals surface area (Å²) in [6.07, 6.45) is 3.85. The Hall–Kier alpha value is -2.15. The highest BCUT2D eigenvalue weighted by Gasteiger charge is 2.21. The molecule has 110 valence electrons. The zero-order valence-corrected chi connectivity index (χ0v) is 13.0. The number of benzene rings is 1. The summed E-state index contributed by atoms with van der Waals surface area (Å²) in [7, 11) is 0. The van der Waals surface area contributed by atoms with Gasteiger partial charge in [0.05, 0.1) is 10.7 Å². The second-order valence-electron chi connectivity index (χ2n) is 4.32. The third-order valence-corrected chi connectivity index (χ3v) is 3.26. The van der Waals surface area contributed by atoms with Crippen LogP contribution in [-0.2, 0) is 9.63 Å². The van der Waals surface area contributed by atoms with Crippen LogP contribution in [-0.4, -0.2) is 21.6 Å². The summed E-state index contributed by atoms with van der Waals surface area (Å²) in [5.74, 6) is -0.354. The minimum absolute atomic E-state index is 0.153. The molecule has 0 saturated carbocycles. The van der Waals surface area contributed by atoms with Gasteiger partial charge < -0.3 is 10.6 Å². The van der Waals surface area contributed by atoms with Crippen LogP contribution in [0.3, 0.4) is 0 Å². The molecule has 0 fully saturated rings. The molecule has 2 aromatic rings. The summed E-state index contributed by atoms with van der Waals surface area (Å²) < 4.78 is 2.32. The van der Waals surface area contributed by atoms with Gasteiger partial charge in [0.2, 0.25) is 0 Å². The highest BCUT2D eigenvalue weighted by Crippen LogP contribution is 2.16. The Morgan fingerprint density at radius 3 is 2.76 bits per heavy atom. The molecule has 1 atom stereocenters. The molecule has 7 heteroatoms. The largest absolute Gasteiger partial charge is 0.380 e. The Kier molecular flexibility index (Phi) is 5.10. The fraction of sp³-hybridized carbons (Fsp3) is 0.214. The Bertz CT molecular complexity index is 639. The van der Waals surface area contributed by atoms with Crippen molar-refractivity contribution in [2.75, 3.05) is 0 Å². The number of hydrogen-bond acceptors (Lipinski definition) is 4. The van der Waals surface area contributed by atoms with Crippen LogP contribution in [0.15, 0.2) is 52.4 Å². The van der Waals surface area contributed by atoms with Crippen molar-refractivity contribution in [2.24, 2.45) is 10.9 Å². The summed E-state index contributed by atoms with van der Waals surface area (Å²) in [4.78, 5) is 17.0. The minimum Gasteiger partial charge on any atom is -0.380 e. The van der Waals surface area contributed by atoms with E-state index in [1.54, 1.807) is 24.5 Å². The number of halogens is 1. The lowest BCUT2D eigenvalue weighted by atomic mass is 10.2.